The molecule has 0 aliphatic carbocycles. The molecule has 0 aromatic carbocycles. The van der Waals surface area contributed by atoms with Crippen molar-refractivity contribution in [1.82, 2.24) is 0 Å². The number of unbranched alkanes of at least 4 members (excludes halogenated alkanes) is 13. The summed E-state index contributed by atoms with van der Waals surface area (Å²) in [4.78, 5) is 0. The minimum atomic E-state index is -4.37. The molecule has 0 saturated heterocycles. The summed E-state index contributed by atoms with van der Waals surface area (Å²) in [6.07, 6.45) is 15.7. The predicted molar refractivity (Wildman–Crippen MR) is 113 cm³/mol. The van der Waals surface area contributed by atoms with Crippen LogP contribution in [0, 0.1) is 0 Å². The van der Waals surface area contributed by atoms with Gasteiger partial charge in [0.15, 0.2) is 0 Å². The molecule has 9 heteroatoms. The summed E-state index contributed by atoms with van der Waals surface area (Å²) in [5.41, 5.74) is 0. The van der Waals surface area contributed by atoms with Gasteiger partial charge in [-0.15, -0.1) is 0 Å². The Balaban J connectivity index is 3.58. The van der Waals surface area contributed by atoms with Crippen molar-refractivity contribution in [2.24, 2.45) is 0 Å². The van der Waals surface area contributed by atoms with Gasteiger partial charge in [-0.1, -0.05) is 90.4 Å². The van der Waals surface area contributed by atoms with Gasteiger partial charge in [-0.05, 0) is 6.42 Å². The van der Waals surface area contributed by atoms with Crippen LogP contribution in [-0.2, 0) is 25.0 Å². The maximum absolute atomic E-state index is 10.9. The fourth-order valence-electron chi connectivity index (χ4n) is 3.16. The molecule has 0 aliphatic rings. The number of ether oxygens (including phenoxy) is 1. The van der Waals surface area contributed by atoms with Gasteiger partial charge in [0.05, 0.1) is 6.10 Å². The van der Waals surface area contributed by atoms with Crippen LogP contribution >= 0.6 is 0 Å². The van der Waals surface area contributed by atoms with Crippen molar-refractivity contribution in [2.75, 3.05) is 18.1 Å². The van der Waals surface area contributed by atoms with Crippen LogP contribution in [0.25, 0.3) is 0 Å². The Labute approximate surface area is 172 Å². The Morgan fingerprint density at radius 1 is 0.607 bits per heavy atom. The fraction of sp³-hybridized carbons (Fsp3) is 1.00. The largest absolute Gasteiger partial charge is 0.376 e. The van der Waals surface area contributed by atoms with Gasteiger partial charge in [-0.2, -0.15) is 16.8 Å². The van der Waals surface area contributed by atoms with Gasteiger partial charge in [0.25, 0.3) is 20.2 Å². The van der Waals surface area contributed by atoms with E-state index in [9.17, 15) is 16.8 Å². The summed E-state index contributed by atoms with van der Waals surface area (Å²) in [6, 6.07) is 0. The molecule has 0 aromatic heterocycles. The fourth-order valence-corrected chi connectivity index (χ4v) is 4.68. The van der Waals surface area contributed by atoms with Gasteiger partial charge in [-0.3, -0.25) is 9.11 Å². The molecule has 0 amide bonds. The number of rotatable bonds is 20. The van der Waals surface area contributed by atoms with Crippen molar-refractivity contribution in [1.29, 1.82) is 0 Å². The standard InChI is InChI=1S/C19H40O7S2/c1-2-3-4-5-6-7-8-9-10-11-12-13-14-15-16-26-19(17-27(20,21)22)18-28(23,24)25/h19H,2-18H2,1H3,(H,20,21,22)(H,23,24,25). The van der Waals surface area contributed by atoms with E-state index in [0.29, 0.717) is 6.42 Å². The molecule has 7 nitrogen and oxygen atoms in total. The molecule has 0 heterocycles. The van der Waals surface area contributed by atoms with Gasteiger partial charge in [-0.25, -0.2) is 0 Å². The first-order valence-corrected chi connectivity index (χ1v) is 13.9. The maximum Gasteiger partial charge on any atom is 0.267 e. The van der Waals surface area contributed by atoms with Crippen LogP contribution in [0.2, 0.25) is 0 Å². The second kappa shape index (κ2) is 16.6. The van der Waals surface area contributed by atoms with E-state index < -0.39 is 37.8 Å². The third kappa shape index (κ3) is 22.1. The molecule has 0 unspecified atom stereocenters. The van der Waals surface area contributed by atoms with Crippen LogP contribution in [0.4, 0.5) is 0 Å². The van der Waals surface area contributed by atoms with Crippen molar-refractivity contribution < 1.29 is 30.7 Å². The van der Waals surface area contributed by atoms with E-state index in [4.69, 9.17) is 13.8 Å². The average Bonchev–Trinajstić information content (AvgIpc) is 2.55. The lowest BCUT2D eigenvalue weighted by Gasteiger charge is -2.15. The smallest absolute Gasteiger partial charge is 0.267 e. The van der Waals surface area contributed by atoms with Crippen LogP contribution in [0.15, 0.2) is 0 Å². The van der Waals surface area contributed by atoms with Gasteiger partial charge >= 0.3 is 0 Å². The Morgan fingerprint density at radius 3 is 1.25 bits per heavy atom. The molecular weight excluding hydrogens is 404 g/mol. The van der Waals surface area contributed by atoms with Gasteiger partial charge < -0.3 is 4.74 Å². The molecular formula is C19H40O7S2. The quantitative estimate of drug-likeness (QED) is 0.208. The first kappa shape index (κ1) is 27.8. The molecule has 0 aliphatic heterocycles. The van der Waals surface area contributed by atoms with Crippen molar-refractivity contribution in [2.45, 2.75) is 103 Å². The molecule has 2 N–H and O–H groups in total. The van der Waals surface area contributed by atoms with Gasteiger partial charge in [0, 0.05) is 6.61 Å². The second-order valence-electron chi connectivity index (χ2n) is 7.59. The van der Waals surface area contributed by atoms with E-state index in [2.05, 4.69) is 6.92 Å². The zero-order valence-corrected chi connectivity index (χ0v) is 19.0. The van der Waals surface area contributed by atoms with Crippen molar-refractivity contribution >= 4 is 20.2 Å². The van der Waals surface area contributed by atoms with Crippen LogP contribution in [0.5, 0.6) is 0 Å². The van der Waals surface area contributed by atoms with Gasteiger partial charge in [0.1, 0.15) is 11.5 Å². The van der Waals surface area contributed by atoms with E-state index in [0.717, 1.165) is 19.3 Å². The van der Waals surface area contributed by atoms with Crippen molar-refractivity contribution in [3.63, 3.8) is 0 Å². The lowest BCUT2D eigenvalue weighted by Crippen LogP contribution is -2.31. The summed E-state index contributed by atoms with van der Waals surface area (Å²) in [6.45, 7) is 2.44. The van der Waals surface area contributed by atoms with Gasteiger partial charge in [0.2, 0.25) is 0 Å². The lowest BCUT2D eigenvalue weighted by molar-refractivity contribution is 0.0775. The summed E-state index contributed by atoms with van der Waals surface area (Å²) in [7, 11) is -8.73. The van der Waals surface area contributed by atoms with E-state index in [1.54, 1.807) is 0 Å². The summed E-state index contributed by atoms with van der Waals surface area (Å²) in [5, 5.41) is 0. The lowest BCUT2D eigenvalue weighted by atomic mass is 10.0. The molecule has 0 spiro atoms. The highest BCUT2D eigenvalue weighted by Crippen LogP contribution is 2.13. The normalized spacial score (nSPS) is 12.7. The van der Waals surface area contributed by atoms with E-state index >= 15 is 0 Å². The molecule has 0 saturated carbocycles. The molecule has 0 rings (SSSR count). The van der Waals surface area contributed by atoms with E-state index in [1.807, 2.05) is 0 Å². The minimum Gasteiger partial charge on any atom is -0.376 e. The summed E-state index contributed by atoms with van der Waals surface area (Å²) in [5.74, 6) is -1.68. The Bertz CT molecular complexity index is 525. The summed E-state index contributed by atoms with van der Waals surface area (Å²) < 4.78 is 66.4. The second-order valence-corrected chi connectivity index (χ2v) is 10.6. The molecule has 0 aromatic rings. The molecule has 170 valence electrons. The highest BCUT2D eigenvalue weighted by atomic mass is 32.2. The number of hydrogen-bond acceptors (Lipinski definition) is 5. The van der Waals surface area contributed by atoms with Crippen molar-refractivity contribution in [3.8, 4) is 0 Å². The Hall–Kier alpha value is -0.220. The first-order valence-electron chi connectivity index (χ1n) is 10.7. The molecule has 28 heavy (non-hydrogen) atoms. The zero-order valence-electron chi connectivity index (χ0n) is 17.4. The molecule has 0 fully saturated rings. The van der Waals surface area contributed by atoms with Crippen LogP contribution in [-0.4, -0.2) is 50.2 Å². The predicted octanol–water partition coefficient (Wildman–Crippen LogP) is 4.63. The monoisotopic (exact) mass is 444 g/mol. The highest BCUT2D eigenvalue weighted by molar-refractivity contribution is 7.86. The topological polar surface area (TPSA) is 118 Å². The van der Waals surface area contributed by atoms with Crippen LogP contribution in [0.1, 0.15) is 96.8 Å². The van der Waals surface area contributed by atoms with Crippen LogP contribution < -0.4 is 0 Å². The van der Waals surface area contributed by atoms with E-state index in [1.165, 1.54) is 64.2 Å². The SMILES string of the molecule is CCCCCCCCCCCCCCCCOC(CS(=O)(=O)O)CS(=O)(=O)O. The van der Waals surface area contributed by atoms with E-state index in [-0.39, 0.29) is 6.61 Å². The van der Waals surface area contributed by atoms with Crippen molar-refractivity contribution in [3.05, 3.63) is 0 Å². The third-order valence-corrected chi connectivity index (χ3v) is 6.23. The number of hydrogen-bond donors (Lipinski definition) is 2. The summed E-state index contributed by atoms with van der Waals surface area (Å²) >= 11 is 0. The Kier molecular flexibility index (Phi) is 16.4. The Morgan fingerprint density at radius 2 is 0.929 bits per heavy atom. The van der Waals surface area contributed by atoms with Crippen LogP contribution in [0.3, 0.4) is 0 Å². The maximum atomic E-state index is 10.9. The molecule has 0 radical (unpaired) electrons. The molecule has 0 bridgehead atoms. The molecule has 0 atom stereocenters. The minimum absolute atomic E-state index is 0.202. The third-order valence-electron chi connectivity index (χ3n) is 4.64. The zero-order chi connectivity index (χ0) is 21.3. The average molecular weight is 445 g/mol. The first-order chi connectivity index (χ1) is 13.1. The highest BCUT2D eigenvalue weighted by Gasteiger charge is 2.23.